The predicted molar refractivity (Wildman–Crippen MR) is 74.7 cm³/mol. The molecule has 3 nitrogen and oxygen atoms in total. The van der Waals surface area contributed by atoms with Crippen molar-refractivity contribution in [2.45, 2.75) is 32.3 Å². The zero-order chi connectivity index (χ0) is 12.9. The normalized spacial score (nSPS) is 11.4. The molecule has 17 heavy (non-hydrogen) atoms. The number of halogens is 1. The highest BCUT2D eigenvalue weighted by Gasteiger charge is 2.21. The van der Waals surface area contributed by atoms with Crippen LogP contribution in [-0.4, -0.2) is 24.4 Å². The molecule has 0 atom stereocenters. The second kappa shape index (κ2) is 6.26. The number of hydrogen-bond acceptors (Lipinski definition) is 3. The lowest BCUT2D eigenvalue weighted by atomic mass is 9.97. The van der Waals surface area contributed by atoms with Crippen LogP contribution >= 0.6 is 15.9 Å². The van der Waals surface area contributed by atoms with Gasteiger partial charge in [0.15, 0.2) is 0 Å². The largest absolute Gasteiger partial charge is 0.495 e. The standard InChI is InChI=1S/C13H20BrNO2/c1-4-13(16,5-2)9-15-10-6-7-11(14)12(8-10)17-3/h6-8,15-16H,4-5,9H2,1-3H3. The summed E-state index contributed by atoms with van der Waals surface area (Å²) >= 11 is 3.41. The van der Waals surface area contributed by atoms with E-state index in [2.05, 4.69) is 21.2 Å². The molecular weight excluding hydrogens is 282 g/mol. The molecule has 0 aliphatic heterocycles. The molecule has 4 heteroatoms. The maximum Gasteiger partial charge on any atom is 0.135 e. The number of rotatable bonds is 6. The first-order valence-corrected chi connectivity index (χ1v) is 6.63. The second-order valence-corrected chi connectivity index (χ2v) is 4.99. The molecule has 0 radical (unpaired) electrons. The van der Waals surface area contributed by atoms with Gasteiger partial charge in [0.1, 0.15) is 5.75 Å². The van der Waals surface area contributed by atoms with Crippen molar-refractivity contribution >= 4 is 21.6 Å². The fraction of sp³-hybridized carbons (Fsp3) is 0.538. The molecule has 0 heterocycles. The van der Waals surface area contributed by atoms with Crippen LogP contribution in [0.25, 0.3) is 0 Å². The van der Waals surface area contributed by atoms with Gasteiger partial charge in [0.05, 0.1) is 17.2 Å². The van der Waals surface area contributed by atoms with Crippen LogP contribution in [0.2, 0.25) is 0 Å². The van der Waals surface area contributed by atoms with Gasteiger partial charge in [0, 0.05) is 18.3 Å². The van der Waals surface area contributed by atoms with Crippen LogP contribution < -0.4 is 10.1 Å². The highest BCUT2D eigenvalue weighted by atomic mass is 79.9. The first-order chi connectivity index (χ1) is 8.04. The summed E-state index contributed by atoms with van der Waals surface area (Å²) in [6, 6.07) is 5.80. The van der Waals surface area contributed by atoms with Gasteiger partial charge in [-0.2, -0.15) is 0 Å². The molecule has 0 aliphatic carbocycles. The monoisotopic (exact) mass is 301 g/mol. The second-order valence-electron chi connectivity index (χ2n) is 4.13. The maximum atomic E-state index is 10.2. The molecule has 0 aliphatic rings. The summed E-state index contributed by atoms with van der Waals surface area (Å²) in [5.74, 6) is 0.784. The van der Waals surface area contributed by atoms with E-state index in [4.69, 9.17) is 4.74 Å². The van der Waals surface area contributed by atoms with Gasteiger partial charge in [0.2, 0.25) is 0 Å². The first kappa shape index (κ1) is 14.3. The minimum absolute atomic E-state index is 0.546. The molecule has 0 unspecified atom stereocenters. The third-order valence-electron chi connectivity index (χ3n) is 3.09. The average molecular weight is 302 g/mol. The molecule has 0 saturated heterocycles. The van der Waals surface area contributed by atoms with E-state index in [-0.39, 0.29) is 0 Å². The summed E-state index contributed by atoms with van der Waals surface area (Å²) in [4.78, 5) is 0. The Morgan fingerprint density at radius 2 is 2.00 bits per heavy atom. The molecule has 0 aromatic heterocycles. The van der Waals surface area contributed by atoms with Crippen LogP contribution in [0.4, 0.5) is 5.69 Å². The van der Waals surface area contributed by atoms with Gasteiger partial charge in [0.25, 0.3) is 0 Å². The summed E-state index contributed by atoms with van der Waals surface area (Å²) in [7, 11) is 1.64. The van der Waals surface area contributed by atoms with E-state index >= 15 is 0 Å². The van der Waals surface area contributed by atoms with E-state index in [9.17, 15) is 5.11 Å². The van der Waals surface area contributed by atoms with E-state index in [0.717, 1.165) is 28.8 Å². The Morgan fingerprint density at radius 1 is 1.35 bits per heavy atom. The van der Waals surface area contributed by atoms with Gasteiger partial charge in [-0.15, -0.1) is 0 Å². The Morgan fingerprint density at radius 3 is 2.53 bits per heavy atom. The van der Waals surface area contributed by atoms with Crippen LogP contribution in [0.5, 0.6) is 5.75 Å². The lowest BCUT2D eigenvalue weighted by Crippen LogP contribution is -2.35. The molecule has 1 aromatic rings. The van der Waals surface area contributed by atoms with Crippen molar-refractivity contribution < 1.29 is 9.84 Å². The molecule has 96 valence electrons. The van der Waals surface area contributed by atoms with Crippen molar-refractivity contribution in [3.8, 4) is 5.75 Å². The first-order valence-electron chi connectivity index (χ1n) is 5.84. The lowest BCUT2D eigenvalue weighted by molar-refractivity contribution is 0.0457. The van der Waals surface area contributed by atoms with Crippen LogP contribution in [0, 0.1) is 0 Å². The average Bonchev–Trinajstić information content (AvgIpc) is 2.37. The number of methoxy groups -OCH3 is 1. The third-order valence-corrected chi connectivity index (χ3v) is 3.74. The maximum absolute atomic E-state index is 10.2. The fourth-order valence-corrected chi connectivity index (χ4v) is 1.94. The van der Waals surface area contributed by atoms with E-state index in [1.54, 1.807) is 7.11 Å². The van der Waals surface area contributed by atoms with Gasteiger partial charge in [-0.05, 0) is 40.9 Å². The quantitative estimate of drug-likeness (QED) is 0.846. The minimum Gasteiger partial charge on any atom is -0.495 e. The Labute approximate surface area is 111 Å². The SMILES string of the molecule is CCC(O)(CC)CNc1ccc(Br)c(OC)c1. The van der Waals surface area contributed by atoms with Crippen LogP contribution in [0.3, 0.4) is 0 Å². The number of ether oxygens (including phenoxy) is 1. The predicted octanol–water partition coefficient (Wildman–Crippen LogP) is 3.42. The Bertz CT molecular complexity index is 364. The molecule has 0 bridgehead atoms. The number of benzene rings is 1. The number of hydrogen-bond donors (Lipinski definition) is 2. The molecule has 2 N–H and O–H groups in total. The molecule has 1 rings (SSSR count). The van der Waals surface area contributed by atoms with Gasteiger partial charge in [-0.1, -0.05) is 13.8 Å². The van der Waals surface area contributed by atoms with Crippen molar-refractivity contribution in [3.63, 3.8) is 0 Å². The zero-order valence-corrected chi connectivity index (χ0v) is 12.2. The van der Waals surface area contributed by atoms with Crippen molar-refractivity contribution in [2.75, 3.05) is 19.0 Å². The molecule has 1 aromatic carbocycles. The molecule has 0 saturated carbocycles. The number of aliphatic hydroxyl groups is 1. The van der Waals surface area contributed by atoms with Crippen LogP contribution in [0.1, 0.15) is 26.7 Å². The summed E-state index contributed by atoms with van der Waals surface area (Å²) in [6.07, 6.45) is 1.48. The molecular formula is C13H20BrNO2. The van der Waals surface area contributed by atoms with Gasteiger partial charge >= 0.3 is 0 Å². The van der Waals surface area contributed by atoms with Gasteiger partial charge in [-0.3, -0.25) is 0 Å². The highest BCUT2D eigenvalue weighted by Crippen LogP contribution is 2.28. The van der Waals surface area contributed by atoms with E-state index in [0.29, 0.717) is 6.54 Å². The van der Waals surface area contributed by atoms with Crippen molar-refractivity contribution in [1.82, 2.24) is 0 Å². The van der Waals surface area contributed by atoms with Crippen LogP contribution in [-0.2, 0) is 0 Å². The van der Waals surface area contributed by atoms with Gasteiger partial charge < -0.3 is 15.2 Å². The van der Waals surface area contributed by atoms with Crippen molar-refractivity contribution in [2.24, 2.45) is 0 Å². The Kier molecular flexibility index (Phi) is 5.28. The van der Waals surface area contributed by atoms with E-state index in [1.807, 2.05) is 32.0 Å². The number of nitrogens with one attached hydrogen (secondary N) is 1. The van der Waals surface area contributed by atoms with Crippen molar-refractivity contribution in [3.05, 3.63) is 22.7 Å². The zero-order valence-electron chi connectivity index (χ0n) is 10.6. The summed E-state index contributed by atoms with van der Waals surface area (Å²) in [6.45, 7) is 4.53. The summed E-state index contributed by atoms with van der Waals surface area (Å²) < 4.78 is 6.14. The van der Waals surface area contributed by atoms with Gasteiger partial charge in [-0.25, -0.2) is 0 Å². The van der Waals surface area contributed by atoms with Crippen molar-refractivity contribution in [1.29, 1.82) is 0 Å². The smallest absolute Gasteiger partial charge is 0.135 e. The van der Waals surface area contributed by atoms with Crippen LogP contribution in [0.15, 0.2) is 22.7 Å². The fourth-order valence-electron chi connectivity index (χ4n) is 1.54. The summed E-state index contributed by atoms with van der Waals surface area (Å²) in [5, 5.41) is 13.4. The summed E-state index contributed by atoms with van der Waals surface area (Å²) in [5.41, 5.74) is 0.311. The topological polar surface area (TPSA) is 41.5 Å². The highest BCUT2D eigenvalue weighted by molar-refractivity contribution is 9.10. The Hall–Kier alpha value is -0.740. The minimum atomic E-state index is -0.639. The van der Waals surface area contributed by atoms with E-state index in [1.165, 1.54) is 0 Å². The molecule has 0 amide bonds. The lowest BCUT2D eigenvalue weighted by Gasteiger charge is -2.26. The Balaban J connectivity index is 2.69. The van der Waals surface area contributed by atoms with E-state index < -0.39 is 5.60 Å². The molecule has 0 spiro atoms. The third kappa shape index (κ3) is 3.89. The number of anilines is 1. The molecule has 0 fully saturated rings.